The molecule has 0 heterocycles. The normalized spacial score (nSPS) is 12.3. The molecule has 0 fully saturated rings. The van der Waals surface area contributed by atoms with Crippen LogP contribution in [-0.4, -0.2) is 47.6 Å². The molecule has 2 unspecified atom stereocenters. The molecule has 6 heteroatoms. The van der Waals surface area contributed by atoms with Crippen molar-refractivity contribution in [1.29, 1.82) is 0 Å². The Morgan fingerprint density at radius 2 is 0.708 bits per heavy atom. The fraction of sp³-hybridized carbons (Fsp3) is 0.952. The first-order valence-corrected chi connectivity index (χ1v) is 21.0. The van der Waals surface area contributed by atoms with E-state index in [-0.39, 0.29) is 31.3 Å². The van der Waals surface area contributed by atoms with E-state index in [9.17, 15) is 9.59 Å². The molecule has 48 heavy (non-hydrogen) atoms. The molecule has 0 aliphatic carbocycles. The number of unbranched alkanes of at least 4 members (excludes halogenated alkanes) is 28. The summed E-state index contributed by atoms with van der Waals surface area (Å²) in [5.74, 6) is -0.333. The van der Waals surface area contributed by atoms with Gasteiger partial charge in [-0.2, -0.15) is 0 Å². The van der Waals surface area contributed by atoms with Gasteiger partial charge in [-0.3, -0.25) is 9.59 Å². The van der Waals surface area contributed by atoms with E-state index in [0.29, 0.717) is 12.8 Å². The number of carbonyl (C=O) groups is 2. The monoisotopic (exact) mass is 685 g/mol. The van der Waals surface area contributed by atoms with Crippen LogP contribution in [0.25, 0.3) is 0 Å². The maximum absolute atomic E-state index is 12.1. The van der Waals surface area contributed by atoms with Gasteiger partial charge in [0.25, 0.3) is 0 Å². The second-order valence-corrected chi connectivity index (χ2v) is 14.4. The number of hydrogen-bond acceptors (Lipinski definition) is 6. The van der Waals surface area contributed by atoms with Crippen molar-refractivity contribution in [3.8, 4) is 0 Å². The Hall–Kier alpha value is -1.14. The zero-order valence-corrected chi connectivity index (χ0v) is 32.7. The van der Waals surface area contributed by atoms with E-state index < -0.39 is 6.10 Å². The van der Waals surface area contributed by atoms with Gasteiger partial charge in [0.15, 0.2) is 0 Å². The lowest BCUT2D eigenvalue weighted by Crippen LogP contribution is -2.22. The SMILES string of the molecule is CC(O)CO.CCCCCCCCCCCCCCCCCC(=O)OCC(C)OC(=O)CCCCCCCCCCCCCCCCC. The summed E-state index contributed by atoms with van der Waals surface area (Å²) in [5, 5.41) is 16.0. The van der Waals surface area contributed by atoms with Gasteiger partial charge in [-0.1, -0.05) is 194 Å². The average Bonchev–Trinajstić information content (AvgIpc) is 3.07. The minimum Gasteiger partial charge on any atom is -0.462 e. The maximum atomic E-state index is 12.1. The summed E-state index contributed by atoms with van der Waals surface area (Å²) in [6, 6.07) is 0. The Labute approximate surface area is 299 Å². The van der Waals surface area contributed by atoms with E-state index in [2.05, 4.69) is 13.8 Å². The molecule has 0 aromatic heterocycles. The highest BCUT2D eigenvalue weighted by molar-refractivity contribution is 5.70. The van der Waals surface area contributed by atoms with Gasteiger partial charge in [-0.05, 0) is 26.7 Å². The molecular formula is C42H84O6. The predicted octanol–water partition coefficient (Wildman–Crippen LogP) is 12.3. The third-order valence-corrected chi connectivity index (χ3v) is 9.04. The van der Waals surface area contributed by atoms with Gasteiger partial charge in [0.1, 0.15) is 12.7 Å². The Balaban J connectivity index is 0. The molecule has 0 aromatic rings. The smallest absolute Gasteiger partial charge is 0.306 e. The number of ether oxygens (including phenoxy) is 2. The van der Waals surface area contributed by atoms with Gasteiger partial charge in [0.05, 0.1) is 12.7 Å². The van der Waals surface area contributed by atoms with Crippen LogP contribution in [0.2, 0.25) is 0 Å². The molecular weight excluding hydrogens is 600 g/mol. The highest BCUT2D eigenvalue weighted by atomic mass is 16.6. The molecule has 0 spiro atoms. The third kappa shape index (κ3) is 44.9. The van der Waals surface area contributed by atoms with Crippen molar-refractivity contribution in [2.24, 2.45) is 0 Å². The van der Waals surface area contributed by atoms with Crippen LogP contribution in [0.1, 0.15) is 233 Å². The van der Waals surface area contributed by atoms with Crippen LogP contribution in [0.15, 0.2) is 0 Å². The first-order valence-electron chi connectivity index (χ1n) is 21.0. The molecule has 0 bridgehead atoms. The number of aliphatic hydroxyl groups is 2. The molecule has 0 amide bonds. The first kappa shape index (κ1) is 49.0. The van der Waals surface area contributed by atoms with E-state index in [0.717, 1.165) is 25.7 Å². The van der Waals surface area contributed by atoms with Crippen LogP contribution in [0.5, 0.6) is 0 Å². The van der Waals surface area contributed by atoms with Crippen molar-refractivity contribution in [2.45, 2.75) is 245 Å². The van der Waals surface area contributed by atoms with E-state index in [1.54, 1.807) is 0 Å². The molecule has 0 aliphatic heterocycles. The standard InChI is InChI=1S/C39H76O4.C3H8O2/c1-4-6-8-10-12-14-16-18-20-22-24-26-28-30-32-34-38(40)42-36-37(3)43-39(41)35-33-31-29-27-25-23-21-19-17-15-13-11-9-7-5-2;1-3(5)2-4/h37H,4-36H2,1-3H3;3-5H,2H2,1H3. The van der Waals surface area contributed by atoms with Crippen molar-refractivity contribution in [3.05, 3.63) is 0 Å². The largest absolute Gasteiger partial charge is 0.462 e. The van der Waals surface area contributed by atoms with Crippen LogP contribution in [0.4, 0.5) is 0 Å². The van der Waals surface area contributed by atoms with Gasteiger partial charge in [-0.15, -0.1) is 0 Å². The topological polar surface area (TPSA) is 93.1 Å². The van der Waals surface area contributed by atoms with Gasteiger partial charge in [0, 0.05) is 12.8 Å². The number of esters is 2. The number of rotatable bonds is 36. The molecule has 0 aromatic carbocycles. The average molecular weight is 685 g/mol. The summed E-state index contributed by atoms with van der Waals surface area (Å²) in [6.45, 7) is 7.92. The summed E-state index contributed by atoms with van der Waals surface area (Å²) in [4.78, 5) is 24.1. The van der Waals surface area contributed by atoms with Crippen LogP contribution in [0, 0.1) is 0 Å². The minimum atomic E-state index is -0.560. The molecule has 0 aliphatic rings. The predicted molar refractivity (Wildman–Crippen MR) is 204 cm³/mol. The second-order valence-electron chi connectivity index (χ2n) is 14.4. The molecule has 0 saturated heterocycles. The van der Waals surface area contributed by atoms with E-state index in [4.69, 9.17) is 19.7 Å². The highest BCUT2D eigenvalue weighted by Gasteiger charge is 2.12. The highest BCUT2D eigenvalue weighted by Crippen LogP contribution is 2.15. The summed E-state index contributed by atoms with van der Waals surface area (Å²) in [7, 11) is 0. The van der Waals surface area contributed by atoms with Crippen LogP contribution >= 0.6 is 0 Å². The molecule has 2 atom stereocenters. The lowest BCUT2D eigenvalue weighted by molar-refractivity contribution is -0.158. The molecule has 6 nitrogen and oxygen atoms in total. The van der Waals surface area contributed by atoms with E-state index >= 15 is 0 Å². The maximum Gasteiger partial charge on any atom is 0.306 e. The summed E-state index contributed by atoms with van der Waals surface area (Å²) < 4.78 is 10.8. The first-order chi connectivity index (χ1) is 23.4. The van der Waals surface area contributed by atoms with Crippen molar-refractivity contribution >= 4 is 11.9 Å². The van der Waals surface area contributed by atoms with Gasteiger partial charge in [-0.25, -0.2) is 0 Å². The fourth-order valence-electron chi connectivity index (χ4n) is 5.88. The van der Waals surface area contributed by atoms with Gasteiger partial charge < -0.3 is 19.7 Å². The number of aliphatic hydroxyl groups excluding tert-OH is 2. The molecule has 2 N–H and O–H groups in total. The van der Waals surface area contributed by atoms with Crippen molar-refractivity contribution in [1.82, 2.24) is 0 Å². The molecule has 288 valence electrons. The summed E-state index contributed by atoms with van der Waals surface area (Å²) in [5.41, 5.74) is 0. The number of carbonyl (C=O) groups excluding carboxylic acids is 2. The van der Waals surface area contributed by atoms with E-state index in [1.165, 1.54) is 174 Å². The van der Waals surface area contributed by atoms with Gasteiger partial charge in [0.2, 0.25) is 0 Å². The lowest BCUT2D eigenvalue weighted by atomic mass is 10.0. The zero-order valence-electron chi connectivity index (χ0n) is 32.7. The van der Waals surface area contributed by atoms with Crippen LogP contribution in [0.3, 0.4) is 0 Å². The third-order valence-electron chi connectivity index (χ3n) is 9.04. The van der Waals surface area contributed by atoms with Gasteiger partial charge >= 0.3 is 11.9 Å². The van der Waals surface area contributed by atoms with E-state index in [1.807, 2.05) is 6.92 Å². The molecule has 0 rings (SSSR count). The lowest BCUT2D eigenvalue weighted by Gasteiger charge is -2.13. The van der Waals surface area contributed by atoms with Crippen molar-refractivity contribution in [3.63, 3.8) is 0 Å². The molecule has 0 saturated carbocycles. The number of hydrogen-bond donors (Lipinski definition) is 2. The Kier molecular flexibility index (Phi) is 42.9. The van der Waals surface area contributed by atoms with Crippen molar-refractivity contribution in [2.75, 3.05) is 13.2 Å². The summed E-state index contributed by atoms with van der Waals surface area (Å²) >= 11 is 0. The fourth-order valence-corrected chi connectivity index (χ4v) is 5.88. The quantitative estimate of drug-likeness (QED) is 0.0504. The zero-order chi connectivity index (χ0) is 35.8. The Morgan fingerprint density at radius 1 is 0.458 bits per heavy atom. The Bertz CT molecular complexity index is 638. The van der Waals surface area contributed by atoms with Crippen molar-refractivity contribution < 1.29 is 29.3 Å². The van der Waals surface area contributed by atoms with Crippen LogP contribution < -0.4 is 0 Å². The Morgan fingerprint density at radius 3 is 0.979 bits per heavy atom. The second kappa shape index (κ2) is 42.0. The summed E-state index contributed by atoms with van der Waals surface area (Å²) in [6.07, 6.45) is 39.5. The van der Waals surface area contributed by atoms with Crippen LogP contribution in [-0.2, 0) is 19.1 Å². The molecule has 0 radical (unpaired) electrons. The minimum absolute atomic E-state index is 0.139.